The van der Waals surface area contributed by atoms with E-state index in [1.807, 2.05) is 6.92 Å². The molecule has 5 heteroatoms. The van der Waals surface area contributed by atoms with Crippen LogP contribution >= 0.6 is 0 Å². The van der Waals surface area contributed by atoms with Crippen molar-refractivity contribution in [2.24, 2.45) is 11.8 Å². The van der Waals surface area contributed by atoms with Gasteiger partial charge in [0.15, 0.2) is 0 Å². The lowest BCUT2D eigenvalue weighted by atomic mass is 10.1. The minimum absolute atomic E-state index is 0.0513. The Hall–Kier alpha value is -1.10. The molecule has 0 aromatic rings. The van der Waals surface area contributed by atoms with E-state index < -0.39 is 6.10 Å². The van der Waals surface area contributed by atoms with Crippen molar-refractivity contribution in [3.05, 3.63) is 0 Å². The van der Waals surface area contributed by atoms with Gasteiger partial charge < -0.3 is 15.3 Å². The maximum Gasteiger partial charge on any atom is 0.225 e. The van der Waals surface area contributed by atoms with E-state index in [-0.39, 0.29) is 17.7 Å². The second kappa shape index (κ2) is 5.04. The van der Waals surface area contributed by atoms with Gasteiger partial charge in [0.05, 0.1) is 12.0 Å². The van der Waals surface area contributed by atoms with Gasteiger partial charge in [-0.1, -0.05) is 0 Å². The lowest BCUT2D eigenvalue weighted by Crippen LogP contribution is -2.38. The summed E-state index contributed by atoms with van der Waals surface area (Å²) < 4.78 is 0. The highest BCUT2D eigenvalue weighted by molar-refractivity contribution is 5.89. The van der Waals surface area contributed by atoms with Gasteiger partial charge in [0.2, 0.25) is 11.8 Å². The smallest absolute Gasteiger partial charge is 0.225 e. The molecule has 1 heterocycles. The van der Waals surface area contributed by atoms with Crippen molar-refractivity contribution in [2.75, 3.05) is 19.6 Å². The molecule has 1 saturated carbocycles. The summed E-state index contributed by atoms with van der Waals surface area (Å²) in [6, 6.07) is 0. The third-order valence-corrected chi connectivity index (χ3v) is 3.62. The Balaban J connectivity index is 1.74. The van der Waals surface area contributed by atoms with Crippen molar-refractivity contribution >= 4 is 11.8 Å². The molecule has 1 aliphatic heterocycles. The van der Waals surface area contributed by atoms with Crippen LogP contribution in [-0.2, 0) is 9.59 Å². The zero-order chi connectivity index (χ0) is 12.4. The summed E-state index contributed by atoms with van der Waals surface area (Å²) in [4.78, 5) is 25.0. The highest BCUT2D eigenvalue weighted by atomic mass is 16.3. The lowest BCUT2D eigenvalue weighted by molar-refractivity contribution is -0.129. The van der Waals surface area contributed by atoms with E-state index in [1.54, 1.807) is 4.90 Å². The van der Waals surface area contributed by atoms with Crippen molar-refractivity contribution < 1.29 is 14.7 Å². The predicted molar refractivity (Wildman–Crippen MR) is 62.1 cm³/mol. The van der Waals surface area contributed by atoms with Crippen LogP contribution in [0.15, 0.2) is 0 Å². The number of hydrogen-bond acceptors (Lipinski definition) is 3. The number of likely N-dealkylation sites (tertiary alicyclic amines) is 1. The molecular weight excluding hydrogens is 220 g/mol. The van der Waals surface area contributed by atoms with E-state index in [2.05, 4.69) is 5.32 Å². The van der Waals surface area contributed by atoms with Gasteiger partial charge in [-0.2, -0.15) is 0 Å². The molecule has 2 N–H and O–H groups in total. The Morgan fingerprint density at radius 2 is 2.29 bits per heavy atom. The van der Waals surface area contributed by atoms with E-state index >= 15 is 0 Å². The molecule has 0 bridgehead atoms. The molecule has 2 fully saturated rings. The highest BCUT2D eigenvalue weighted by Gasteiger charge is 2.34. The summed E-state index contributed by atoms with van der Waals surface area (Å²) in [5, 5.41) is 12.4. The largest absolute Gasteiger partial charge is 0.391 e. The van der Waals surface area contributed by atoms with E-state index in [0.29, 0.717) is 32.0 Å². The quantitative estimate of drug-likeness (QED) is 0.695. The van der Waals surface area contributed by atoms with Crippen LogP contribution < -0.4 is 5.32 Å². The van der Waals surface area contributed by atoms with Crippen molar-refractivity contribution in [3.8, 4) is 0 Å². The van der Waals surface area contributed by atoms with Gasteiger partial charge >= 0.3 is 0 Å². The van der Waals surface area contributed by atoms with Gasteiger partial charge in [0.25, 0.3) is 0 Å². The second-order valence-electron chi connectivity index (χ2n) is 4.98. The summed E-state index contributed by atoms with van der Waals surface area (Å²) in [5.74, 6) is 0.0749. The van der Waals surface area contributed by atoms with Gasteiger partial charge in [-0.25, -0.2) is 0 Å². The monoisotopic (exact) mass is 240 g/mol. The summed E-state index contributed by atoms with van der Waals surface area (Å²) in [6.45, 7) is 3.41. The third kappa shape index (κ3) is 2.97. The molecule has 2 unspecified atom stereocenters. The van der Waals surface area contributed by atoms with E-state index in [4.69, 9.17) is 0 Å². The van der Waals surface area contributed by atoms with Crippen molar-refractivity contribution in [2.45, 2.75) is 32.3 Å². The van der Waals surface area contributed by atoms with E-state index in [9.17, 15) is 14.7 Å². The van der Waals surface area contributed by atoms with Gasteiger partial charge in [0, 0.05) is 26.1 Å². The van der Waals surface area contributed by atoms with E-state index in [0.717, 1.165) is 12.8 Å². The van der Waals surface area contributed by atoms with Crippen LogP contribution in [-0.4, -0.2) is 47.6 Å². The number of nitrogens with zero attached hydrogens (tertiary/aromatic N) is 1. The van der Waals surface area contributed by atoms with Crippen LogP contribution in [0.3, 0.4) is 0 Å². The van der Waals surface area contributed by atoms with Gasteiger partial charge in [-0.3, -0.25) is 9.59 Å². The molecule has 2 amide bonds. The topological polar surface area (TPSA) is 69.6 Å². The van der Waals surface area contributed by atoms with Crippen LogP contribution in [0.25, 0.3) is 0 Å². The van der Waals surface area contributed by atoms with Gasteiger partial charge in [-0.15, -0.1) is 0 Å². The normalized spacial score (nSPS) is 26.1. The zero-order valence-electron chi connectivity index (χ0n) is 10.2. The molecular formula is C12H20N2O3. The molecule has 2 aliphatic rings. The van der Waals surface area contributed by atoms with Crippen molar-refractivity contribution in [3.63, 3.8) is 0 Å². The molecule has 2 rings (SSSR count). The molecule has 17 heavy (non-hydrogen) atoms. The molecule has 1 aliphatic carbocycles. The van der Waals surface area contributed by atoms with Crippen LogP contribution in [0.5, 0.6) is 0 Å². The third-order valence-electron chi connectivity index (χ3n) is 3.62. The highest BCUT2D eigenvalue weighted by Crippen LogP contribution is 2.32. The first kappa shape index (κ1) is 12.4. The number of amides is 2. The zero-order valence-corrected chi connectivity index (χ0v) is 10.2. The maximum absolute atomic E-state index is 11.8. The summed E-state index contributed by atoms with van der Waals surface area (Å²) in [7, 11) is 0. The number of rotatable bonds is 5. The summed E-state index contributed by atoms with van der Waals surface area (Å²) in [5.41, 5.74) is 0. The van der Waals surface area contributed by atoms with Crippen molar-refractivity contribution in [1.29, 1.82) is 0 Å². The van der Waals surface area contributed by atoms with Crippen LogP contribution in [0.2, 0.25) is 0 Å². The summed E-state index contributed by atoms with van der Waals surface area (Å²) in [6.07, 6.45) is 2.00. The first-order valence-corrected chi connectivity index (χ1v) is 6.35. The SMILES string of the molecule is CCN1CC(C(=O)NCC(O)C2CC2)CC1=O. The molecule has 1 saturated heterocycles. The summed E-state index contributed by atoms with van der Waals surface area (Å²) >= 11 is 0. The Bertz CT molecular complexity index is 315. The Morgan fingerprint density at radius 3 is 2.82 bits per heavy atom. The standard InChI is InChI=1S/C12H20N2O3/c1-2-14-7-9(5-11(14)16)12(17)13-6-10(15)8-3-4-8/h8-10,15H,2-7H2,1H3,(H,13,17). The molecule has 0 spiro atoms. The molecule has 96 valence electrons. The van der Waals surface area contributed by atoms with Crippen molar-refractivity contribution in [1.82, 2.24) is 10.2 Å². The Morgan fingerprint density at radius 1 is 1.59 bits per heavy atom. The van der Waals surface area contributed by atoms with Gasteiger partial charge in [0.1, 0.15) is 0 Å². The first-order valence-electron chi connectivity index (χ1n) is 6.35. The lowest BCUT2D eigenvalue weighted by Gasteiger charge is -2.15. The van der Waals surface area contributed by atoms with Crippen LogP contribution in [0, 0.1) is 11.8 Å². The molecule has 0 aromatic carbocycles. The molecule has 2 atom stereocenters. The fourth-order valence-corrected chi connectivity index (χ4v) is 2.25. The Labute approximate surface area is 101 Å². The molecule has 5 nitrogen and oxygen atoms in total. The van der Waals surface area contributed by atoms with E-state index in [1.165, 1.54) is 0 Å². The molecule has 0 radical (unpaired) electrons. The minimum atomic E-state index is -0.418. The number of hydrogen-bond donors (Lipinski definition) is 2. The fraction of sp³-hybridized carbons (Fsp3) is 0.833. The average Bonchev–Trinajstić information content (AvgIpc) is 3.09. The Kier molecular flexibility index (Phi) is 3.66. The van der Waals surface area contributed by atoms with Crippen LogP contribution in [0.4, 0.5) is 0 Å². The minimum Gasteiger partial charge on any atom is -0.391 e. The predicted octanol–water partition coefficient (Wildman–Crippen LogP) is -0.258. The fourth-order valence-electron chi connectivity index (χ4n) is 2.25. The maximum atomic E-state index is 11.8. The number of aliphatic hydroxyl groups excluding tert-OH is 1. The average molecular weight is 240 g/mol. The number of nitrogens with one attached hydrogen (secondary N) is 1. The van der Waals surface area contributed by atoms with Gasteiger partial charge in [-0.05, 0) is 25.7 Å². The second-order valence-corrected chi connectivity index (χ2v) is 4.98. The first-order chi connectivity index (χ1) is 8.11. The number of carbonyl (C=O) groups excluding carboxylic acids is 2. The van der Waals surface area contributed by atoms with Crippen LogP contribution in [0.1, 0.15) is 26.2 Å². The number of aliphatic hydroxyl groups is 1. The molecule has 0 aromatic heterocycles. The number of carbonyl (C=O) groups is 2.